The van der Waals surface area contributed by atoms with Gasteiger partial charge in [0.15, 0.2) is 5.82 Å². The smallest absolute Gasteiger partial charge is 0.155 e. The standard InChI is InChI=1S/C16H22N4O/c1-4-10-17-12-13-8-9-16(19-18-13)20(2)14-6-5-7-15(11-14)21-3/h5-9,11,17H,4,10,12H2,1-3H3. The minimum absolute atomic E-state index is 0.754. The number of hydrogen-bond acceptors (Lipinski definition) is 5. The van der Waals surface area contributed by atoms with E-state index >= 15 is 0 Å². The van der Waals surface area contributed by atoms with Crippen LogP contribution in [0.15, 0.2) is 36.4 Å². The van der Waals surface area contributed by atoms with E-state index in [2.05, 4.69) is 22.4 Å². The molecule has 21 heavy (non-hydrogen) atoms. The van der Waals surface area contributed by atoms with Crippen molar-refractivity contribution >= 4 is 11.5 Å². The summed E-state index contributed by atoms with van der Waals surface area (Å²) in [6.45, 7) is 3.89. The summed E-state index contributed by atoms with van der Waals surface area (Å²) in [5.74, 6) is 1.63. The number of aromatic nitrogens is 2. The first-order valence-corrected chi connectivity index (χ1v) is 7.15. The van der Waals surface area contributed by atoms with Gasteiger partial charge in [0.1, 0.15) is 5.75 Å². The fraction of sp³-hybridized carbons (Fsp3) is 0.375. The molecule has 0 fully saturated rings. The number of ether oxygens (including phenoxy) is 1. The maximum atomic E-state index is 5.24. The van der Waals surface area contributed by atoms with Crippen molar-refractivity contribution in [1.82, 2.24) is 15.5 Å². The maximum Gasteiger partial charge on any atom is 0.155 e. The van der Waals surface area contributed by atoms with E-state index in [0.29, 0.717) is 0 Å². The number of rotatable bonds is 7. The molecule has 2 aromatic rings. The van der Waals surface area contributed by atoms with Crippen LogP contribution in [0.5, 0.6) is 5.75 Å². The first-order chi connectivity index (χ1) is 10.2. The monoisotopic (exact) mass is 286 g/mol. The van der Waals surface area contributed by atoms with Gasteiger partial charge in [-0.3, -0.25) is 0 Å². The molecule has 1 N–H and O–H groups in total. The molecule has 0 atom stereocenters. The minimum Gasteiger partial charge on any atom is -0.497 e. The van der Waals surface area contributed by atoms with Crippen LogP contribution in [0.1, 0.15) is 19.0 Å². The van der Waals surface area contributed by atoms with Crippen molar-refractivity contribution < 1.29 is 4.74 Å². The third kappa shape index (κ3) is 4.16. The molecule has 1 aromatic carbocycles. The van der Waals surface area contributed by atoms with E-state index in [-0.39, 0.29) is 0 Å². The zero-order valence-electron chi connectivity index (χ0n) is 12.8. The third-order valence-electron chi connectivity index (χ3n) is 3.22. The summed E-state index contributed by atoms with van der Waals surface area (Å²) in [5, 5.41) is 11.9. The lowest BCUT2D eigenvalue weighted by molar-refractivity contribution is 0.415. The lowest BCUT2D eigenvalue weighted by Crippen LogP contribution is -2.16. The molecule has 1 aromatic heterocycles. The van der Waals surface area contributed by atoms with Crippen LogP contribution < -0.4 is 15.0 Å². The van der Waals surface area contributed by atoms with Gasteiger partial charge >= 0.3 is 0 Å². The van der Waals surface area contributed by atoms with Crippen molar-refractivity contribution in [2.24, 2.45) is 0 Å². The highest BCUT2D eigenvalue weighted by Gasteiger charge is 2.07. The second kappa shape index (κ2) is 7.59. The quantitative estimate of drug-likeness (QED) is 0.793. The van der Waals surface area contributed by atoms with Gasteiger partial charge in [0.05, 0.1) is 12.8 Å². The van der Waals surface area contributed by atoms with Gasteiger partial charge < -0.3 is 15.0 Å². The molecule has 0 bridgehead atoms. The van der Waals surface area contributed by atoms with Crippen LogP contribution in [0.3, 0.4) is 0 Å². The van der Waals surface area contributed by atoms with Gasteiger partial charge in [-0.2, -0.15) is 5.10 Å². The van der Waals surface area contributed by atoms with Gasteiger partial charge in [0.25, 0.3) is 0 Å². The van der Waals surface area contributed by atoms with Crippen LogP contribution in [-0.2, 0) is 6.54 Å². The topological polar surface area (TPSA) is 50.3 Å². The summed E-state index contributed by atoms with van der Waals surface area (Å²) in [4.78, 5) is 1.98. The lowest BCUT2D eigenvalue weighted by atomic mass is 10.2. The van der Waals surface area contributed by atoms with E-state index in [1.54, 1.807) is 7.11 Å². The molecule has 0 saturated carbocycles. The highest BCUT2D eigenvalue weighted by molar-refractivity contribution is 5.60. The summed E-state index contributed by atoms with van der Waals surface area (Å²) in [6.07, 6.45) is 1.12. The molecule has 1 heterocycles. The molecule has 0 spiro atoms. The SMILES string of the molecule is CCCNCc1ccc(N(C)c2cccc(OC)c2)nn1. The zero-order chi connectivity index (χ0) is 15.1. The van der Waals surface area contributed by atoms with Crippen LogP contribution in [0, 0.1) is 0 Å². The second-order valence-corrected chi connectivity index (χ2v) is 4.82. The predicted molar refractivity (Wildman–Crippen MR) is 85.1 cm³/mol. The van der Waals surface area contributed by atoms with Crippen molar-refractivity contribution in [2.75, 3.05) is 25.6 Å². The molecule has 0 saturated heterocycles. The molecule has 0 unspecified atom stereocenters. The fourth-order valence-corrected chi connectivity index (χ4v) is 1.97. The molecular weight excluding hydrogens is 264 g/mol. The lowest BCUT2D eigenvalue weighted by Gasteiger charge is -2.18. The number of anilines is 2. The van der Waals surface area contributed by atoms with E-state index in [0.717, 1.165) is 42.5 Å². The first-order valence-electron chi connectivity index (χ1n) is 7.15. The normalized spacial score (nSPS) is 10.4. The van der Waals surface area contributed by atoms with E-state index in [1.165, 1.54) is 0 Å². The number of benzene rings is 1. The Bertz CT molecular complexity index is 556. The fourth-order valence-electron chi connectivity index (χ4n) is 1.97. The van der Waals surface area contributed by atoms with E-state index in [4.69, 9.17) is 4.74 Å². The largest absolute Gasteiger partial charge is 0.497 e. The van der Waals surface area contributed by atoms with Crippen molar-refractivity contribution in [3.63, 3.8) is 0 Å². The summed E-state index contributed by atoms with van der Waals surface area (Å²) in [5.41, 5.74) is 1.96. The van der Waals surface area contributed by atoms with Crippen LogP contribution >= 0.6 is 0 Å². The number of nitrogens with one attached hydrogen (secondary N) is 1. The van der Waals surface area contributed by atoms with E-state index in [1.807, 2.05) is 48.3 Å². The Morgan fingerprint density at radius 2 is 2.05 bits per heavy atom. The number of hydrogen-bond donors (Lipinski definition) is 1. The molecular formula is C16H22N4O. The van der Waals surface area contributed by atoms with Crippen molar-refractivity contribution in [3.05, 3.63) is 42.1 Å². The molecule has 112 valence electrons. The minimum atomic E-state index is 0.754. The predicted octanol–water partition coefficient (Wildman–Crippen LogP) is 2.75. The van der Waals surface area contributed by atoms with Gasteiger partial charge in [0, 0.05) is 25.3 Å². The third-order valence-corrected chi connectivity index (χ3v) is 3.22. The molecule has 0 aliphatic carbocycles. The zero-order valence-corrected chi connectivity index (χ0v) is 12.8. The average molecular weight is 286 g/mol. The van der Waals surface area contributed by atoms with Crippen molar-refractivity contribution in [2.45, 2.75) is 19.9 Å². The Hall–Kier alpha value is -2.14. The van der Waals surface area contributed by atoms with Crippen molar-refractivity contribution in [1.29, 1.82) is 0 Å². The second-order valence-electron chi connectivity index (χ2n) is 4.82. The summed E-state index contributed by atoms with van der Waals surface area (Å²) in [6, 6.07) is 11.9. The summed E-state index contributed by atoms with van der Waals surface area (Å²) >= 11 is 0. The first kappa shape index (κ1) is 15.3. The average Bonchev–Trinajstić information content (AvgIpc) is 2.55. The maximum absolute atomic E-state index is 5.24. The van der Waals surface area contributed by atoms with Gasteiger partial charge in [0.2, 0.25) is 0 Å². The van der Waals surface area contributed by atoms with Gasteiger partial charge in [-0.15, -0.1) is 5.10 Å². The molecule has 5 nitrogen and oxygen atoms in total. The molecule has 0 radical (unpaired) electrons. The highest BCUT2D eigenvalue weighted by atomic mass is 16.5. The van der Waals surface area contributed by atoms with Gasteiger partial charge in [-0.1, -0.05) is 13.0 Å². The van der Waals surface area contributed by atoms with E-state index < -0.39 is 0 Å². The molecule has 0 amide bonds. The van der Waals surface area contributed by atoms with Crippen LogP contribution in [0.25, 0.3) is 0 Å². The number of nitrogens with zero attached hydrogens (tertiary/aromatic N) is 3. The summed E-state index contributed by atoms with van der Waals surface area (Å²) in [7, 11) is 3.63. The molecule has 5 heteroatoms. The summed E-state index contributed by atoms with van der Waals surface area (Å²) < 4.78 is 5.24. The Morgan fingerprint density at radius 3 is 2.71 bits per heavy atom. The Balaban J connectivity index is 2.06. The highest BCUT2D eigenvalue weighted by Crippen LogP contribution is 2.24. The molecule has 0 aliphatic rings. The van der Waals surface area contributed by atoms with Crippen LogP contribution in [0.2, 0.25) is 0 Å². The van der Waals surface area contributed by atoms with E-state index in [9.17, 15) is 0 Å². The molecule has 0 aliphatic heterocycles. The van der Waals surface area contributed by atoms with Crippen molar-refractivity contribution in [3.8, 4) is 5.75 Å². The number of methoxy groups -OCH3 is 1. The van der Waals surface area contributed by atoms with Gasteiger partial charge in [-0.25, -0.2) is 0 Å². The molecule has 2 rings (SSSR count). The Kier molecular flexibility index (Phi) is 5.51. The Labute approximate surface area is 126 Å². The van der Waals surface area contributed by atoms with Crippen LogP contribution in [0.4, 0.5) is 11.5 Å². The van der Waals surface area contributed by atoms with Gasteiger partial charge in [-0.05, 0) is 37.2 Å². The van der Waals surface area contributed by atoms with Crippen LogP contribution in [-0.4, -0.2) is 30.9 Å². The Morgan fingerprint density at radius 1 is 1.19 bits per heavy atom.